The molecule has 4 heterocycles. The molecule has 1 aromatic carbocycles. The van der Waals surface area contributed by atoms with Crippen molar-refractivity contribution in [2.75, 3.05) is 57.3 Å². The first kappa shape index (κ1) is 25.5. The number of morpholine rings is 1. The second-order valence-electron chi connectivity index (χ2n) is 8.53. The molecule has 0 aliphatic carbocycles. The lowest BCUT2D eigenvalue weighted by atomic mass is 10.2. The molecule has 3 N–H and O–H groups in total. The summed E-state index contributed by atoms with van der Waals surface area (Å²) in [5.41, 5.74) is -0.567. The van der Waals surface area contributed by atoms with Crippen molar-refractivity contribution in [1.29, 1.82) is 0 Å². The van der Waals surface area contributed by atoms with E-state index in [9.17, 15) is 21.6 Å². The zero-order chi connectivity index (χ0) is 26.2. The van der Waals surface area contributed by atoms with E-state index >= 15 is 0 Å². The number of H-pyrrole nitrogens is 1. The summed E-state index contributed by atoms with van der Waals surface area (Å²) in [6, 6.07) is 4.07. The molecule has 0 saturated carbocycles. The Bertz CT molecular complexity index is 1390. The van der Waals surface area contributed by atoms with E-state index in [4.69, 9.17) is 14.2 Å². The van der Waals surface area contributed by atoms with Crippen LogP contribution in [0.15, 0.2) is 29.3 Å². The van der Waals surface area contributed by atoms with Gasteiger partial charge in [-0.25, -0.2) is 8.42 Å². The summed E-state index contributed by atoms with van der Waals surface area (Å²) >= 11 is 0. The summed E-state index contributed by atoms with van der Waals surface area (Å²) in [7, 11) is -2.39. The summed E-state index contributed by atoms with van der Waals surface area (Å²) in [5.74, 6) is 0.188. The average molecular weight is 543 g/mol. The molecule has 0 amide bonds. The maximum absolute atomic E-state index is 13.6. The molecule has 0 spiro atoms. The van der Waals surface area contributed by atoms with E-state index in [1.54, 1.807) is 0 Å². The number of anilines is 3. The molecule has 1 atom stereocenters. The van der Waals surface area contributed by atoms with E-state index in [0.717, 1.165) is 6.20 Å². The fourth-order valence-corrected chi connectivity index (χ4v) is 5.67. The van der Waals surface area contributed by atoms with Gasteiger partial charge in [0.25, 0.3) is 0 Å². The highest BCUT2D eigenvalue weighted by Crippen LogP contribution is 2.39. The Kier molecular flexibility index (Phi) is 6.87. The molecule has 2 saturated heterocycles. The fraction of sp³-hybridized carbons (Fsp3) is 0.455. The molecule has 2 aromatic heterocycles. The smallest absolute Gasteiger partial charge is 0.418 e. The SMILES string of the molecule is COc1cc(S(=O)(=O)N2CCOCC2)ccc1Nc1nc(N[C@H]2CCOC2)c2c(C(F)(F)F)c[nH]c2n1. The van der Waals surface area contributed by atoms with Gasteiger partial charge in [-0.15, -0.1) is 0 Å². The van der Waals surface area contributed by atoms with E-state index in [0.29, 0.717) is 38.5 Å². The van der Waals surface area contributed by atoms with Gasteiger partial charge < -0.3 is 29.8 Å². The van der Waals surface area contributed by atoms with Gasteiger partial charge in [0, 0.05) is 32.0 Å². The van der Waals surface area contributed by atoms with Crippen molar-refractivity contribution >= 4 is 38.5 Å². The average Bonchev–Trinajstić information content (AvgIpc) is 3.55. The van der Waals surface area contributed by atoms with Gasteiger partial charge >= 0.3 is 6.18 Å². The number of ether oxygens (including phenoxy) is 3. The molecule has 3 aromatic rings. The van der Waals surface area contributed by atoms with Crippen molar-refractivity contribution in [1.82, 2.24) is 19.3 Å². The molecule has 0 unspecified atom stereocenters. The van der Waals surface area contributed by atoms with Crippen LogP contribution in [0.2, 0.25) is 0 Å². The Morgan fingerprint density at radius 1 is 1.16 bits per heavy atom. The maximum atomic E-state index is 13.6. The minimum atomic E-state index is -4.61. The summed E-state index contributed by atoms with van der Waals surface area (Å²) in [6.45, 7) is 1.95. The molecule has 0 radical (unpaired) electrons. The van der Waals surface area contributed by atoms with Gasteiger partial charge in [-0.1, -0.05) is 0 Å². The summed E-state index contributed by atoms with van der Waals surface area (Å²) < 4.78 is 84.3. The number of aromatic nitrogens is 3. The molecular formula is C22H25F3N6O5S. The first-order valence-corrected chi connectivity index (χ1v) is 12.9. The molecule has 2 aliphatic rings. The van der Waals surface area contributed by atoms with Crippen LogP contribution in [0.5, 0.6) is 5.75 Å². The summed E-state index contributed by atoms with van der Waals surface area (Å²) in [4.78, 5) is 11.1. The molecule has 2 aliphatic heterocycles. The van der Waals surface area contributed by atoms with Gasteiger partial charge in [0.15, 0.2) is 0 Å². The highest BCUT2D eigenvalue weighted by Gasteiger charge is 2.36. The van der Waals surface area contributed by atoms with Crippen molar-refractivity contribution in [3.05, 3.63) is 30.0 Å². The number of alkyl halides is 3. The quantitative estimate of drug-likeness (QED) is 0.413. The van der Waals surface area contributed by atoms with Crippen molar-refractivity contribution in [2.45, 2.75) is 23.5 Å². The standard InChI is InChI=1S/C22H25F3N6O5S/c1-34-17-10-14(37(32,33)31-5-8-35-9-6-31)2-3-16(17)28-21-29-19-18(15(11-26-19)22(23,24)25)20(30-21)27-13-4-7-36-12-13/h2-3,10-11,13H,4-9,12H2,1H3,(H3,26,27,28,29,30)/t13-/m0/s1. The minimum Gasteiger partial charge on any atom is -0.495 e. The zero-order valence-electron chi connectivity index (χ0n) is 19.8. The number of nitrogens with one attached hydrogen (secondary N) is 3. The maximum Gasteiger partial charge on any atom is 0.418 e. The number of hydrogen-bond acceptors (Lipinski definition) is 9. The lowest BCUT2D eigenvalue weighted by Crippen LogP contribution is -2.40. The Balaban J connectivity index is 1.49. The van der Waals surface area contributed by atoms with Gasteiger partial charge in [-0.3, -0.25) is 0 Å². The van der Waals surface area contributed by atoms with Gasteiger partial charge in [-0.05, 0) is 18.6 Å². The first-order valence-electron chi connectivity index (χ1n) is 11.5. The van der Waals surface area contributed by atoms with Crippen LogP contribution in [-0.4, -0.2) is 80.3 Å². The van der Waals surface area contributed by atoms with Crippen LogP contribution < -0.4 is 15.4 Å². The largest absolute Gasteiger partial charge is 0.495 e. The van der Waals surface area contributed by atoms with Crippen LogP contribution in [0, 0.1) is 0 Å². The number of benzene rings is 1. The Morgan fingerprint density at radius 2 is 1.95 bits per heavy atom. The number of hydrogen-bond donors (Lipinski definition) is 3. The van der Waals surface area contributed by atoms with Gasteiger partial charge in [0.1, 0.15) is 17.2 Å². The highest BCUT2D eigenvalue weighted by molar-refractivity contribution is 7.89. The Hall–Kier alpha value is -3.14. The Labute approximate surface area is 210 Å². The van der Waals surface area contributed by atoms with Gasteiger partial charge in [0.05, 0.1) is 54.5 Å². The molecular weight excluding hydrogens is 517 g/mol. The molecule has 15 heteroatoms. The van der Waals surface area contributed by atoms with Crippen molar-refractivity contribution in [2.24, 2.45) is 0 Å². The van der Waals surface area contributed by atoms with Crippen molar-refractivity contribution < 1.29 is 35.8 Å². The summed E-state index contributed by atoms with van der Waals surface area (Å²) in [5, 5.41) is 5.80. The molecule has 200 valence electrons. The number of nitrogens with zero attached hydrogens (tertiary/aromatic N) is 3. The van der Waals surface area contributed by atoms with Gasteiger partial charge in [-0.2, -0.15) is 27.4 Å². The number of methoxy groups -OCH3 is 1. The predicted molar refractivity (Wildman–Crippen MR) is 128 cm³/mol. The monoisotopic (exact) mass is 542 g/mol. The second kappa shape index (κ2) is 9.96. The van der Waals surface area contributed by atoms with E-state index in [1.807, 2.05) is 0 Å². The van der Waals surface area contributed by atoms with Crippen LogP contribution in [0.1, 0.15) is 12.0 Å². The Morgan fingerprint density at radius 3 is 2.62 bits per heavy atom. The number of halogens is 3. The van der Waals surface area contributed by atoms with Gasteiger partial charge in [0.2, 0.25) is 16.0 Å². The number of fused-ring (bicyclic) bond motifs is 1. The van der Waals surface area contributed by atoms with E-state index in [1.165, 1.54) is 29.6 Å². The van der Waals surface area contributed by atoms with E-state index < -0.39 is 21.8 Å². The highest BCUT2D eigenvalue weighted by atomic mass is 32.2. The van der Waals surface area contributed by atoms with Crippen LogP contribution in [-0.2, 0) is 25.7 Å². The third kappa shape index (κ3) is 5.16. The van der Waals surface area contributed by atoms with Crippen LogP contribution in [0.25, 0.3) is 11.0 Å². The molecule has 2 fully saturated rings. The summed E-state index contributed by atoms with van der Waals surface area (Å²) in [6.07, 6.45) is -3.14. The lowest BCUT2D eigenvalue weighted by molar-refractivity contribution is -0.136. The van der Waals surface area contributed by atoms with Crippen molar-refractivity contribution in [3.63, 3.8) is 0 Å². The van der Waals surface area contributed by atoms with Crippen LogP contribution in [0.4, 0.5) is 30.6 Å². The second-order valence-corrected chi connectivity index (χ2v) is 10.5. The van der Waals surface area contributed by atoms with Crippen molar-refractivity contribution in [3.8, 4) is 5.75 Å². The third-order valence-electron chi connectivity index (χ3n) is 6.13. The minimum absolute atomic E-state index is 0.00190. The molecule has 37 heavy (non-hydrogen) atoms. The third-order valence-corrected chi connectivity index (χ3v) is 8.03. The van der Waals surface area contributed by atoms with Crippen LogP contribution in [0.3, 0.4) is 0 Å². The fourth-order valence-electron chi connectivity index (χ4n) is 4.25. The topological polar surface area (TPSA) is 131 Å². The normalized spacial score (nSPS) is 19.3. The number of aromatic amines is 1. The molecule has 5 rings (SSSR count). The lowest BCUT2D eigenvalue weighted by Gasteiger charge is -2.26. The first-order chi connectivity index (χ1) is 17.7. The molecule has 0 bridgehead atoms. The number of sulfonamides is 1. The molecule has 11 nitrogen and oxygen atoms in total. The number of rotatable bonds is 7. The zero-order valence-corrected chi connectivity index (χ0v) is 20.6. The van der Waals surface area contributed by atoms with E-state index in [-0.39, 0.29) is 52.6 Å². The van der Waals surface area contributed by atoms with Crippen LogP contribution >= 0.6 is 0 Å². The van der Waals surface area contributed by atoms with E-state index in [2.05, 4.69) is 25.6 Å². The predicted octanol–water partition coefficient (Wildman–Crippen LogP) is 2.95.